The van der Waals surface area contributed by atoms with Gasteiger partial charge in [0.25, 0.3) is 0 Å². The Morgan fingerprint density at radius 3 is 2.00 bits per heavy atom. The van der Waals surface area contributed by atoms with E-state index in [1.807, 2.05) is 0 Å². The number of hydrogen-bond donors (Lipinski definition) is 1. The van der Waals surface area contributed by atoms with Crippen LogP contribution in [0, 0.1) is 11.3 Å². The second kappa shape index (κ2) is 2.76. The molecule has 1 saturated heterocycles. The van der Waals surface area contributed by atoms with Crippen LogP contribution in [0.25, 0.3) is 0 Å². The average Bonchev–Trinajstić information content (AvgIpc) is 2.08. The topological polar surface area (TPSA) is 23.5 Å². The summed E-state index contributed by atoms with van der Waals surface area (Å²) in [4.78, 5) is 2.20. The minimum absolute atomic E-state index is 0.125. The van der Waals surface area contributed by atoms with Gasteiger partial charge in [-0.1, -0.05) is 20.8 Å². The van der Waals surface area contributed by atoms with Crippen molar-refractivity contribution in [2.24, 2.45) is 11.3 Å². The van der Waals surface area contributed by atoms with Gasteiger partial charge in [-0.05, 0) is 12.5 Å². The SMILES string of the molecule is CN1CC(C(C)(C)C)[C@H](O)C1. The number of hydrogen-bond acceptors (Lipinski definition) is 2. The molecule has 0 aromatic rings. The highest BCUT2D eigenvalue weighted by Crippen LogP contribution is 2.33. The standard InChI is InChI=1S/C9H19NO/c1-9(2,3)7-5-10(4)6-8(7)11/h7-8,11H,5-6H2,1-4H3/t7?,8-/m1/s1. The quantitative estimate of drug-likeness (QED) is 0.566. The molecule has 0 amide bonds. The zero-order valence-electron chi connectivity index (χ0n) is 7.96. The van der Waals surface area contributed by atoms with Gasteiger partial charge in [0.05, 0.1) is 6.10 Å². The van der Waals surface area contributed by atoms with Crippen molar-refractivity contribution in [3.63, 3.8) is 0 Å². The van der Waals surface area contributed by atoms with Crippen molar-refractivity contribution in [2.45, 2.75) is 26.9 Å². The lowest BCUT2D eigenvalue weighted by Crippen LogP contribution is -2.30. The van der Waals surface area contributed by atoms with E-state index in [0.717, 1.165) is 13.1 Å². The van der Waals surface area contributed by atoms with Gasteiger partial charge in [-0.3, -0.25) is 0 Å². The Morgan fingerprint density at radius 2 is 1.82 bits per heavy atom. The van der Waals surface area contributed by atoms with Gasteiger partial charge in [-0.2, -0.15) is 0 Å². The first-order valence-corrected chi connectivity index (χ1v) is 4.28. The first kappa shape index (κ1) is 9.01. The summed E-state index contributed by atoms with van der Waals surface area (Å²) in [7, 11) is 2.06. The highest BCUT2D eigenvalue weighted by atomic mass is 16.3. The number of aliphatic hydroxyl groups is 1. The molecule has 1 aliphatic rings. The van der Waals surface area contributed by atoms with Crippen molar-refractivity contribution in [2.75, 3.05) is 20.1 Å². The number of likely N-dealkylation sites (tertiary alicyclic amines) is 1. The third-order valence-corrected chi connectivity index (χ3v) is 2.58. The minimum atomic E-state index is -0.125. The van der Waals surface area contributed by atoms with Crippen molar-refractivity contribution >= 4 is 0 Å². The summed E-state index contributed by atoms with van der Waals surface area (Å²) in [5, 5.41) is 9.65. The Bertz CT molecular complexity index is 139. The Labute approximate surface area is 69.2 Å². The second-order valence-corrected chi connectivity index (χ2v) is 4.76. The molecule has 0 radical (unpaired) electrons. The van der Waals surface area contributed by atoms with Crippen LogP contribution in [0.4, 0.5) is 0 Å². The van der Waals surface area contributed by atoms with Gasteiger partial charge in [-0.15, -0.1) is 0 Å². The van der Waals surface area contributed by atoms with E-state index in [-0.39, 0.29) is 11.5 Å². The highest BCUT2D eigenvalue weighted by molar-refractivity contribution is 4.88. The predicted octanol–water partition coefficient (Wildman–Crippen LogP) is 0.955. The maximum Gasteiger partial charge on any atom is 0.0712 e. The Morgan fingerprint density at radius 1 is 1.27 bits per heavy atom. The van der Waals surface area contributed by atoms with Crippen molar-refractivity contribution in [3.8, 4) is 0 Å². The van der Waals surface area contributed by atoms with Gasteiger partial charge < -0.3 is 10.0 Å². The normalized spacial score (nSPS) is 34.6. The Kier molecular flexibility index (Phi) is 2.26. The van der Waals surface area contributed by atoms with Gasteiger partial charge in [-0.25, -0.2) is 0 Å². The molecule has 1 unspecified atom stereocenters. The summed E-state index contributed by atoms with van der Waals surface area (Å²) >= 11 is 0. The summed E-state index contributed by atoms with van der Waals surface area (Å²) in [6, 6.07) is 0. The average molecular weight is 157 g/mol. The molecule has 1 N–H and O–H groups in total. The fourth-order valence-electron chi connectivity index (χ4n) is 1.83. The van der Waals surface area contributed by atoms with Crippen molar-refractivity contribution in [1.82, 2.24) is 4.90 Å². The zero-order chi connectivity index (χ0) is 8.65. The van der Waals surface area contributed by atoms with Gasteiger partial charge in [0.2, 0.25) is 0 Å². The maximum absolute atomic E-state index is 9.65. The summed E-state index contributed by atoms with van der Waals surface area (Å²) < 4.78 is 0. The summed E-state index contributed by atoms with van der Waals surface area (Å²) in [5.74, 6) is 0.437. The first-order chi connectivity index (χ1) is 4.91. The van der Waals surface area contributed by atoms with Gasteiger partial charge in [0.15, 0.2) is 0 Å². The molecule has 1 rings (SSSR count). The summed E-state index contributed by atoms with van der Waals surface area (Å²) in [6.07, 6.45) is -0.125. The van der Waals surface area contributed by atoms with Gasteiger partial charge in [0.1, 0.15) is 0 Å². The lowest BCUT2D eigenvalue weighted by atomic mass is 9.79. The molecular formula is C9H19NO. The second-order valence-electron chi connectivity index (χ2n) is 4.76. The molecule has 1 aliphatic heterocycles. The molecule has 1 fully saturated rings. The van der Waals surface area contributed by atoms with Crippen LogP contribution in [-0.2, 0) is 0 Å². The van der Waals surface area contributed by atoms with Crippen molar-refractivity contribution in [3.05, 3.63) is 0 Å². The number of aliphatic hydroxyl groups excluding tert-OH is 1. The molecule has 66 valence electrons. The Balaban J connectivity index is 2.60. The lowest BCUT2D eigenvalue weighted by molar-refractivity contribution is 0.0826. The van der Waals surface area contributed by atoms with E-state index < -0.39 is 0 Å². The van der Waals surface area contributed by atoms with Crippen LogP contribution in [0.1, 0.15) is 20.8 Å². The van der Waals surface area contributed by atoms with E-state index >= 15 is 0 Å². The molecule has 2 heteroatoms. The largest absolute Gasteiger partial charge is 0.391 e. The van der Waals surface area contributed by atoms with Crippen LogP contribution >= 0.6 is 0 Å². The number of β-amino-alcohol motifs (C(OH)–C–C–N with tert-alkyl or cyclic N) is 1. The zero-order valence-corrected chi connectivity index (χ0v) is 7.96. The maximum atomic E-state index is 9.65. The molecule has 11 heavy (non-hydrogen) atoms. The molecule has 0 bridgehead atoms. The molecule has 2 atom stereocenters. The van der Waals surface area contributed by atoms with Crippen LogP contribution in [0.3, 0.4) is 0 Å². The number of rotatable bonds is 0. The highest BCUT2D eigenvalue weighted by Gasteiger charge is 2.37. The molecule has 0 aliphatic carbocycles. The van der Waals surface area contributed by atoms with E-state index in [1.165, 1.54) is 0 Å². The monoisotopic (exact) mass is 157 g/mol. The third-order valence-electron chi connectivity index (χ3n) is 2.58. The molecule has 1 heterocycles. The first-order valence-electron chi connectivity index (χ1n) is 4.28. The third kappa shape index (κ3) is 1.94. The lowest BCUT2D eigenvalue weighted by Gasteiger charge is -2.28. The van der Waals surface area contributed by atoms with E-state index in [2.05, 4.69) is 32.7 Å². The minimum Gasteiger partial charge on any atom is -0.391 e. The predicted molar refractivity (Wildman–Crippen MR) is 46.4 cm³/mol. The van der Waals surface area contributed by atoms with Crippen LogP contribution in [0.2, 0.25) is 0 Å². The molecule has 0 aromatic carbocycles. The molecular weight excluding hydrogens is 138 g/mol. The Hall–Kier alpha value is -0.0800. The molecule has 0 saturated carbocycles. The number of likely N-dealkylation sites (N-methyl/N-ethyl adjacent to an activating group) is 1. The molecule has 0 aromatic heterocycles. The fraction of sp³-hybridized carbons (Fsp3) is 1.00. The van der Waals surface area contributed by atoms with Crippen molar-refractivity contribution in [1.29, 1.82) is 0 Å². The van der Waals surface area contributed by atoms with Crippen LogP contribution in [0.15, 0.2) is 0 Å². The van der Waals surface area contributed by atoms with Gasteiger partial charge in [0, 0.05) is 19.0 Å². The van der Waals surface area contributed by atoms with E-state index in [9.17, 15) is 5.11 Å². The van der Waals surface area contributed by atoms with E-state index in [1.54, 1.807) is 0 Å². The van der Waals surface area contributed by atoms with Gasteiger partial charge >= 0.3 is 0 Å². The molecule has 0 spiro atoms. The smallest absolute Gasteiger partial charge is 0.0712 e. The van der Waals surface area contributed by atoms with Crippen LogP contribution in [0.5, 0.6) is 0 Å². The van der Waals surface area contributed by atoms with Crippen LogP contribution in [-0.4, -0.2) is 36.2 Å². The summed E-state index contributed by atoms with van der Waals surface area (Å²) in [6.45, 7) is 8.45. The van der Waals surface area contributed by atoms with E-state index in [0.29, 0.717) is 5.92 Å². The van der Waals surface area contributed by atoms with E-state index in [4.69, 9.17) is 0 Å². The summed E-state index contributed by atoms with van der Waals surface area (Å²) in [5.41, 5.74) is 0.240. The number of nitrogens with zero attached hydrogens (tertiary/aromatic N) is 1. The fourth-order valence-corrected chi connectivity index (χ4v) is 1.83. The van der Waals surface area contributed by atoms with Crippen LogP contribution < -0.4 is 0 Å². The van der Waals surface area contributed by atoms with Crippen molar-refractivity contribution < 1.29 is 5.11 Å². The molecule has 2 nitrogen and oxygen atoms in total.